The highest BCUT2D eigenvalue weighted by Crippen LogP contribution is 2.03. The number of halogens is 1. The monoisotopic (exact) mass is 307 g/mol. The Kier molecular flexibility index (Phi) is 4.99. The number of benzene rings is 1. The van der Waals surface area contributed by atoms with Crippen molar-refractivity contribution < 1.29 is 14.0 Å². The molecule has 1 aromatic carbocycles. The molecule has 1 heterocycles. The number of hydrogen-bond acceptors (Lipinski definition) is 4. The Hall–Kier alpha value is -2.28. The molecule has 0 aliphatic heterocycles. The van der Waals surface area contributed by atoms with Crippen molar-refractivity contribution in [2.45, 2.75) is 19.5 Å². The van der Waals surface area contributed by atoms with Gasteiger partial charge < -0.3 is 10.6 Å². The summed E-state index contributed by atoms with van der Waals surface area (Å²) in [6, 6.07) is 4.43. The van der Waals surface area contributed by atoms with Crippen LogP contribution in [0.15, 0.2) is 35.2 Å². The number of carbonyl (C=O) groups is 2. The molecular formula is C14H14FN3O2S. The fourth-order valence-electron chi connectivity index (χ4n) is 1.60. The average Bonchev–Trinajstić information content (AvgIpc) is 2.98. The van der Waals surface area contributed by atoms with Gasteiger partial charge in [0.05, 0.1) is 17.7 Å². The van der Waals surface area contributed by atoms with E-state index in [1.165, 1.54) is 35.6 Å². The molecule has 0 spiro atoms. The molecule has 0 saturated carbocycles. The van der Waals surface area contributed by atoms with Crippen LogP contribution in [0, 0.1) is 5.82 Å². The van der Waals surface area contributed by atoms with Gasteiger partial charge in [-0.2, -0.15) is 0 Å². The van der Waals surface area contributed by atoms with E-state index < -0.39 is 17.8 Å². The molecule has 7 heteroatoms. The number of aromatic nitrogens is 1. The fourth-order valence-corrected chi connectivity index (χ4v) is 2.16. The molecule has 21 heavy (non-hydrogen) atoms. The van der Waals surface area contributed by atoms with Crippen LogP contribution in [0.1, 0.15) is 23.0 Å². The molecule has 0 radical (unpaired) electrons. The minimum absolute atomic E-state index is 0.301. The molecule has 2 rings (SSSR count). The van der Waals surface area contributed by atoms with Gasteiger partial charge >= 0.3 is 0 Å². The highest BCUT2D eigenvalue weighted by molar-refractivity contribution is 7.07. The Balaban J connectivity index is 1.85. The van der Waals surface area contributed by atoms with Crippen LogP contribution in [0.4, 0.5) is 4.39 Å². The van der Waals surface area contributed by atoms with Crippen LogP contribution in [-0.4, -0.2) is 22.8 Å². The molecule has 2 N–H and O–H groups in total. The van der Waals surface area contributed by atoms with Crippen molar-refractivity contribution in [3.8, 4) is 0 Å². The summed E-state index contributed by atoms with van der Waals surface area (Å²) in [5, 5.41) is 7.07. The van der Waals surface area contributed by atoms with E-state index in [1.807, 2.05) is 5.38 Å². The standard InChI is InChI=1S/C14H14FN3O2S/c1-9(13(19)16-6-12-7-21-8-17-12)18-14(20)10-2-4-11(15)5-3-10/h2-5,7-9H,6H2,1H3,(H,16,19)(H,18,20)/t9-/m1/s1. The molecule has 2 amide bonds. The van der Waals surface area contributed by atoms with Crippen LogP contribution >= 0.6 is 11.3 Å². The van der Waals surface area contributed by atoms with Gasteiger partial charge in [-0.1, -0.05) is 0 Å². The molecule has 0 aliphatic rings. The van der Waals surface area contributed by atoms with Crippen molar-refractivity contribution >= 4 is 23.2 Å². The van der Waals surface area contributed by atoms with E-state index in [0.717, 1.165) is 5.69 Å². The van der Waals surface area contributed by atoms with Crippen molar-refractivity contribution in [2.24, 2.45) is 0 Å². The van der Waals surface area contributed by atoms with Crippen molar-refractivity contribution in [3.05, 3.63) is 52.2 Å². The van der Waals surface area contributed by atoms with Crippen molar-refractivity contribution in [3.63, 3.8) is 0 Å². The molecule has 1 aromatic heterocycles. The molecular weight excluding hydrogens is 293 g/mol. The summed E-state index contributed by atoms with van der Waals surface area (Å²) in [5.74, 6) is -1.15. The number of rotatable bonds is 5. The van der Waals surface area contributed by atoms with Crippen LogP contribution in [0.25, 0.3) is 0 Å². The van der Waals surface area contributed by atoms with Gasteiger partial charge in [0.1, 0.15) is 11.9 Å². The van der Waals surface area contributed by atoms with Gasteiger partial charge in [-0.05, 0) is 31.2 Å². The van der Waals surface area contributed by atoms with Crippen LogP contribution in [0.5, 0.6) is 0 Å². The molecule has 110 valence electrons. The average molecular weight is 307 g/mol. The molecule has 0 saturated heterocycles. The minimum Gasteiger partial charge on any atom is -0.349 e. The smallest absolute Gasteiger partial charge is 0.251 e. The van der Waals surface area contributed by atoms with E-state index in [9.17, 15) is 14.0 Å². The largest absolute Gasteiger partial charge is 0.349 e. The second kappa shape index (κ2) is 6.94. The van der Waals surface area contributed by atoms with Gasteiger partial charge in [-0.3, -0.25) is 9.59 Å². The Morgan fingerprint density at radius 1 is 1.33 bits per heavy atom. The van der Waals surface area contributed by atoms with Crippen LogP contribution in [0.2, 0.25) is 0 Å². The lowest BCUT2D eigenvalue weighted by Gasteiger charge is -2.13. The van der Waals surface area contributed by atoms with Crippen molar-refractivity contribution in [1.29, 1.82) is 0 Å². The summed E-state index contributed by atoms with van der Waals surface area (Å²) in [4.78, 5) is 27.8. The summed E-state index contributed by atoms with van der Waals surface area (Å²) in [6.07, 6.45) is 0. The summed E-state index contributed by atoms with van der Waals surface area (Å²) in [6.45, 7) is 1.90. The maximum absolute atomic E-state index is 12.8. The quantitative estimate of drug-likeness (QED) is 0.883. The second-order valence-corrected chi connectivity index (χ2v) is 5.12. The molecule has 0 unspecified atom stereocenters. The summed E-state index contributed by atoms with van der Waals surface area (Å²) < 4.78 is 12.8. The first-order valence-corrected chi connectivity index (χ1v) is 7.22. The summed E-state index contributed by atoms with van der Waals surface area (Å²) in [7, 11) is 0. The van der Waals surface area contributed by atoms with Gasteiger partial charge in [0.15, 0.2) is 0 Å². The lowest BCUT2D eigenvalue weighted by atomic mass is 10.2. The SMILES string of the molecule is C[C@@H](NC(=O)c1ccc(F)cc1)C(=O)NCc1cscn1. The maximum atomic E-state index is 12.8. The second-order valence-electron chi connectivity index (χ2n) is 4.40. The van der Waals surface area contributed by atoms with Crippen LogP contribution in [-0.2, 0) is 11.3 Å². The van der Waals surface area contributed by atoms with Crippen LogP contribution < -0.4 is 10.6 Å². The Morgan fingerprint density at radius 3 is 2.67 bits per heavy atom. The van der Waals surface area contributed by atoms with Gasteiger partial charge in [-0.15, -0.1) is 11.3 Å². The number of hydrogen-bond donors (Lipinski definition) is 2. The number of thiazole rings is 1. The number of nitrogens with zero attached hydrogens (tertiary/aromatic N) is 1. The predicted octanol–water partition coefficient (Wildman–Crippen LogP) is 1.72. The van der Waals surface area contributed by atoms with E-state index in [0.29, 0.717) is 12.1 Å². The first-order chi connectivity index (χ1) is 10.1. The zero-order valence-corrected chi connectivity index (χ0v) is 12.1. The number of nitrogens with one attached hydrogen (secondary N) is 2. The lowest BCUT2D eigenvalue weighted by Crippen LogP contribution is -2.44. The molecule has 0 bridgehead atoms. The first kappa shape index (κ1) is 15.1. The molecule has 5 nitrogen and oxygen atoms in total. The Morgan fingerprint density at radius 2 is 2.05 bits per heavy atom. The third-order valence-corrected chi connectivity index (χ3v) is 3.41. The molecule has 1 atom stereocenters. The van der Waals surface area contributed by atoms with Gasteiger partial charge in [0, 0.05) is 10.9 Å². The van der Waals surface area contributed by atoms with E-state index in [4.69, 9.17) is 0 Å². The normalized spacial score (nSPS) is 11.7. The van der Waals surface area contributed by atoms with Crippen LogP contribution in [0.3, 0.4) is 0 Å². The minimum atomic E-state index is -0.693. The van der Waals surface area contributed by atoms with Gasteiger partial charge in [-0.25, -0.2) is 9.37 Å². The molecule has 0 fully saturated rings. The third-order valence-electron chi connectivity index (χ3n) is 2.77. The highest BCUT2D eigenvalue weighted by atomic mass is 32.1. The zero-order chi connectivity index (χ0) is 15.2. The maximum Gasteiger partial charge on any atom is 0.251 e. The highest BCUT2D eigenvalue weighted by Gasteiger charge is 2.16. The van der Waals surface area contributed by atoms with E-state index >= 15 is 0 Å². The summed E-state index contributed by atoms with van der Waals surface area (Å²) >= 11 is 1.45. The van der Waals surface area contributed by atoms with Crippen molar-refractivity contribution in [2.75, 3.05) is 0 Å². The van der Waals surface area contributed by atoms with E-state index in [2.05, 4.69) is 15.6 Å². The fraction of sp³-hybridized carbons (Fsp3) is 0.214. The number of carbonyl (C=O) groups excluding carboxylic acids is 2. The Labute approximate surface area is 125 Å². The zero-order valence-electron chi connectivity index (χ0n) is 11.3. The van der Waals surface area contributed by atoms with E-state index in [-0.39, 0.29) is 5.91 Å². The van der Waals surface area contributed by atoms with Crippen molar-refractivity contribution in [1.82, 2.24) is 15.6 Å². The number of amides is 2. The molecule has 0 aliphatic carbocycles. The Bertz CT molecular complexity index is 614. The third kappa shape index (κ3) is 4.35. The summed E-state index contributed by atoms with van der Waals surface area (Å²) in [5.41, 5.74) is 2.75. The topological polar surface area (TPSA) is 71.1 Å². The predicted molar refractivity (Wildman–Crippen MR) is 77.3 cm³/mol. The molecule has 2 aromatic rings. The van der Waals surface area contributed by atoms with Gasteiger partial charge in [0.25, 0.3) is 5.91 Å². The van der Waals surface area contributed by atoms with Gasteiger partial charge in [0.2, 0.25) is 5.91 Å². The van der Waals surface area contributed by atoms with E-state index in [1.54, 1.807) is 12.4 Å². The first-order valence-electron chi connectivity index (χ1n) is 6.27. The lowest BCUT2D eigenvalue weighted by molar-refractivity contribution is -0.122.